The lowest BCUT2D eigenvalue weighted by atomic mass is 10.2. The van der Waals surface area contributed by atoms with Crippen molar-refractivity contribution >= 4 is 0 Å². The molecule has 0 unspecified atom stereocenters. The van der Waals surface area contributed by atoms with Crippen LogP contribution in [0.5, 0.6) is 11.5 Å². The van der Waals surface area contributed by atoms with Crippen LogP contribution >= 0.6 is 0 Å². The largest absolute Gasteiger partial charge is 0.497 e. The highest BCUT2D eigenvalue weighted by Gasteiger charge is 2.20. The van der Waals surface area contributed by atoms with Crippen molar-refractivity contribution < 1.29 is 14.2 Å². The molecule has 0 saturated heterocycles. The molecule has 4 nitrogen and oxygen atoms in total. The van der Waals surface area contributed by atoms with Crippen LogP contribution in [-0.2, 0) is 11.3 Å². The molecule has 1 aliphatic rings. The van der Waals surface area contributed by atoms with Gasteiger partial charge in [0.1, 0.15) is 18.1 Å². The van der Waals surface area contributed by atoms with E-state index in [4.69, 9.17) is 14.2 Å². The molecule has 0 amide bonds. The predicted molar refractivity (Wildman–Crippen MR) is 84.1 cm³/mol. The lowest BCUT2D eigenvalue weighted by Gasteiger charge is -2.20. The van der Waals surface area contributed by atoms with Crippen LogP contribution in [0.3, 0.4) is 0 Å². The maximum atomic E-state index is 5.88. The van der Waals surface area contributed by atoms with Gasteiger partial charge in [0, 0.05) is 24.2 Å². The summed E-state index contributed by atoms with van der Waals surface area (Å²) in [5.41, 5.74) is 1.03. The molecule has 0 radical (unpaired) electrons. The van der Waals surface area contributed by atoms with E-state index < -0.39 is 0 Å². The number of methoxy groups -OCH3 is 1. The third-order valence-corrected chi connectivity index (χ3v) is 3.31. The van der Waals surface area contributed by atoms with Crippen molar-refractivity contribution in [3.05, 3.63) is 23.8 Å². The molecule has 0 atom stereocenters. The van der Waals surface area contributed by atoms with E-state index in [2.05, 4.69) is 11.4 Å². The molecule has 1 aromatic carbocycles. The van der Waals surface area contributed by atoms with E-state index in [1.54, 1.807) is 7.11 Å². The van der Waals surface area contributed by atoms with E-state index in [1.807, 2.05) is 32.9 Å². The summed E-state index contributed by atoms with van der Waals surface area (Å²) in [5, 5.41) is 3.51. The first-order valence-electron chi connectivity index (χ1n) is 7.65. The highest BCUT2D eigenvalue weighted by Crippen LogP contribution is 2.26. The fourth-order valence-corrected chi connectivity index (χ4v) is 1.98. The highest BCUT2D eigenvalue weighted by molar-refractivity contribution is 5.40. The average Bonchev–Trinajstić information content (AvgIpc) is 3.25. The second-order valence-corrected chi connectivity index (χ2v) is 6.44. The molecule has 21 heavy (non-hydrogen) atoms. The van der Waals surface area contributed by atoms with E-state index >= 15 is 0 Å². The molecule has 118 valence electrons. The van der Waals surface area contributed by atoms with Crippen LogP contribution in [-0.4, -0.2) is 32.0 Å². The summed E-state index contributed by atoms with van der Waals surface area (Å²) in [5.74, 6) is 1.69. The molecular formula is C17H27NO3. The molecule has 1 fully saturated rings. The smallest absolute Gasteiger partial charge is 0.127 e. The van der Waals surface area contributed by atoms with Crippen molar-refractivity contribution in [3.8, 4) is 11.5 Å². The Balaban J connectivity index is 1.90. The zero-order chi connectivity index (χ0) is 15.3. The second kappa shape index (κ2) is 7.14. The lowest BCUT2D eigenvalue weighted by molar-refractivity contribution is -0.0164. The molecule has 0 heterocycles. The third-order valence-electron chi connectivity index (χ3n) is 3.31. The summed E-state index contributed by atoms with van der Waals surface area (Å²) in [6.07, 6.45) is 2.57. The minimum atomic E-state index is -0.131. The molecule has 0 aromatic heterocycles. The van der Waals surface area contributed by atoms with Crippen molar-refractivity contribution in [3.63, 3.8) is 0 Å². The molecule has 4 heteroatoms. The van der Waals surface area contributed by atoms with Crippen LogP contribution in [0.25, 0.3) is 0 Å². The van der Waals surface area contributed by atoms with Gasteiger partial charge in [-0.15, -0.1) is 0 Å². The number of nitrogens with one attached hydrogen (secondary N) is 1. The maximum Gasteiger partial charge on any atom is 0.127 e. The first-order chi connectivity index (χ1) is 9.98. The molecular weight excluding hydrogens is 266 g/mol. The van der Waals surface area contributed by atoms with Gasteiger partial charge in [0.15, 0.2) is 0 Å². The van der Waals surface area contributed by atoms with Gasteiger partial charge in [0.25, 0.3) is 0 Å². The SMILES string of the molecule is COc1ccc(CNC2CC2)c(OCCOC(C)(C)C)c1. The van der Waals surface area contributed by atoms with Crippen molar-refractivity contribution in [2.75, 3.05) is 20.3 Å². The van der Waals surface area contributed by atoms with Gasteiger partial charge in [-0.3, -0.25) is 0 Å². The standard InChI is InChI=1S/C17H27NO3/c1-17(2,3)21-10-9-20-16-11-15(19-4)8-5-13(16)12-18-14-6-7-14/h5,8,11,14,18H,6-7,9-10,12H2,1-4H3. The number of ether oxygens (including phenoxy) is 3. The molecule has 1 aromatic rings. The van der Waals surface area contributed by atoms with E-state index in [9.17, 15) is 0 Å². The molecule has 0 spiro atoms. The number of hydrogen-bond acceptors (Lipinski definition) is 4. The van der Waals surface area contributed by atoms with Crippen molar-refractivity contribution in [2.24, 2.45) is 0 Å². The Hall–Kier alpha value is -1.26. The van der Waals surface area contributed by atoms with Gasteiger partial charge in [-0.05, 0) is 39.7 Å². The first kappa shape index (κ1) is 16.1. The third kappa shape index (κ3) is 5.94. The fourth-order valence-electron chi connectivity index (χ4n) is 1.98. The van der Waals surface area contributed by atoms with E-state index in [0.29, 0.717) is 19.3 Å². The Labute approximate surface area is 127 Å². The molecule has 0 aliphatic heterocycles. The number of benzene rings is 1. The van der Waals surface area contributed by atoms with Crippen LogP contribution in [0.2, 0.25) is 0 Å². The first-order valence-corrected chi connectivity index (χ1v) is 7.65. The van der Waals surface area contributed by atoms with E-state index in [0.717, 1.165) is 18.0 Å². The van der Waals surface area contributed by atoms with Gasteiger partial charge < -0.3 is 19.5 Å². The Morgan fingerprint density at radius 2 is 1.95 bits per heavy atom. The van der Waals surface area contributed by atoms with Crippen LogP contribution in [0.1, 0.15) is 39.2 Å². The van der Waals surface area contributed by atoms with Gasteiger partial charge in [-0.2, -0.15) is 0 Å². The van der Waals surface area contributed by atoms with Crippen LogP contribution < -0.4 is 14.8 Å². The number of hydrogen-bond donors (Lipinski definition) is 1. The summed E-state index contributed by atoms with van der Waals surface area (Å²) in [6, 6.07) is 6.67. The summed E-state index contributed by atoms with van der Waals surface area (Å²) < 4.78 is 16.8. The van der Waals surface area contributed by atoms with Gasteiger partial charge in [0.2, 0.25) is 0 Å². The maximum absolute atomic E-state index is 5.88. The monoisotopic (exact) mass is 293 g/mol. The Morgan fingerprint density at radius 1 is 1.19 bits per heavy atom. The quantitative estimate of drug-likeness (QED) is 0.748. The molecule has 2 rings (SSSR count). The fraction of sp³-hybridized carbons (Fsp3) is 0.647. The summed E-state index contributed by atoms with van der Waals surface area (Å²) >= 11 is 0. The Morgan fingerprint density at radius 3 is 2.57 bits per heavy atom. The normalized spacial score (nSPS) is 15.0. The Kier molecular flexibility index (Phi) is 5.48. The zero-order valence-corrected chi connectivity index (χ0v) is 13.6. The van der Waals surface area contributed by atoms with Gasteiger partial charge in [-0.25, -0.2) is 0 Å². The number of rotatable bonds is 8. The van der Waals surface area contributed by atoms with Crippen molar-refractivity contribution in [1.29, 1.82) is 0 Å². The molecule has 0 bridgehead atoms. The van der Waals surface area contributed by atoms with Crippen molar-refractivity contribution in [2.45, 2.75) is 51.8 Å². The minimum Gasteiger partial charge on any atom is -0.497 e. The zero-order valence-electron chi connectivity index (χ0n) is 13.6. The topological polar surface area (TPSA) is 39.7 Å². The summed E-state index contributed by atoms with van der Waals surface area (Å²) in [4.78, 5) is 0. The highest BCUT2D eigenvalue weighted by atomic mass is 16.5. The van der Waals surface area contributed by atoms with Crippen molar-refractivity contribution in [1.82, 2.24) is 5.32 Å². The molecule has 1 saturated carbocycles. The van der Waals surface area contributed by atoms with Crippen LogP contribution in [0, 0.1) is 0 Å². The van der Waals surface area contributed by atoms with E-state index in [-0.39, 0.29) is 5.60 Å². The summed E-state index contributed by atoms with van der Waals surface area (Å²) in [6.45, 7) is 8.10. The lowest BCUT2D eigenvalue weighted by Crippen LogP contribution is -2.23. The minimum absolute atomic E-state index is 0.131. The molecule has 1 N–H and O–H groups in total. The van der Waals surface area contributed by atoms with E-state index in [1.165, 1.54) is 18.4 Å². The van der Waals surface area contributed by atoms with Gasteiger partial charge in [-0.1, -0.05) is 6.07 Å². The second-order valence-electron chi connectivity index (χ2n) is 6.44. The average molecular weight is 293 g/mol. The van der Waals surface area contributed by atoms with Crippen LogP contribution in [0.4, 0.5) is 0 Å². The van der Waals surface area contributed by atoms with Crippen LogP contribution in [0.15, 0.2) is 18.2 Å². The summed E-state index contributed by atoms with van der Waals surface area (Å²) in [7, 11) is 1.67. The Bertz CT molecular complexity index is 450. The van der Waals surface area contributed by atoms with Gasteiger partial charge >= 0.3 is 0 Å². The molecule has 1 aliphatic carbocycles. The van der Waals surface area contributed by atoms with Gasteiger partial charge in [0.05, 0.1) is 19.3 Å². The predicted octanol–water partition coefficient (Wildman–Crippen LogP) is 3.14.